The molecule has 96 valence electrons. The van der Waals surface area contributed by atoms with Crippen LogP contribution >= 0.6 is 0 Å². The Hall–Kier alpha value is -1.55. The average Bonchev–Trinajstić information content (AvgIpc) is 2.82. The number of rotatable bonds is 2. The first-order valence-corrected chi connectivity index (χ1v) is 6.60. The number of piperidine rings is 1. The number of hydrogen-bond donors (Lipinski definition) is 1. The van der Waals surface area contributed by atoms with Crippen LogP contribution in [0, 0.1) is 5.92 Å². The number of aromatic nitrogens is 1. The molecule has 1 aliphatic rings. The zero-order chi connectivity index (χ0) is 12.5. The normalized spacial score (nSPS) is 24.7. The molecular formula is C14H19N3O. The van der Waals surface area contributed by atoms with E-state index in [0.717, 1.165) is 35.7 Å². The Morgan fingerprint density at radius 3 is 3.11 bits per heavy atom. The zero-order valence-electron chi connectivity index (χ0n) is 10.7. The van der Waals surface area contributed by atoms with Crippen LogP contribution < -0.4 is 10.6 Å². The third kappa shape index (κ3) is 1.86. The fraction of sp³-hybridized carbons (Fsp3) is 0.500. The maximum atomic E-state index is 5.91. The molecule has 2 unspecified atom stereocenters. The number of fused-ring (bicyclic) bond motifs is 1. The molecule has 2 heterocycles. The summed E-state index contributed by atoms with van der Waals surface area (Å²) in [5, 5.41) is 5.33. The predicted octanol–water partition coefficient (Wildman–Crippen LogP) is 2.39. The highest BCUT2D eigenvalue weighted by molar-refractivity contribution is 5.88. The zero-order valence-corrected chi connectivity index (χ0v) is 10.7. The minimum Gasteiger partial charge on any atom is -0.354 e. The number of anilines is 1. The van der Waals surface area contributed by atoms with Gasteiger partial charge in [-0.25, -0.2) is 0 Å². The molecule has 0 aliphatic carbocycles. The van der Waals surface area contributed by atoms with Crippen molar-refractivity contribution in [3.63, 3.8) is 0 Å². The van der Waals surface area contributed by atoms with E-state index < -0.39 is 0 Å². The van der Waals surface area contributed by atoms with Crippen molar-refractivity contribution in [1.82, 2.24) is 5.16 Å². The lowest BCUT2D eigenvalue weighted by atomic mass is 9.92. The summed E-state index contributed by atoms with van der Waals surface area (Å²) in [5.41, 5.74) is 6.75. The van der Waals surface area contributed by atoms with Crippen LogP contribution in [0.3, 0.4) is 0 Å². The van der Waals surface area contributed by atoms with E-state index in [1.807, 2.05) is 18.2 Å². The molecule has 2 N–H and O–H groups in total. The van der Waals surface area contributed by atoms with Gasteiger partial charge in [-0.05, 0) is 30.9 Å². The summed E-state index contributed by atoms with van der Waals surface area (Å²) in [4.78, 5) is 2.31. The highest BCUT2D eigenvalue weighted by atomic mass is 16.5. The van der Waals surface area contributed by atoms with Gasteiger partial charge in [-0.2, -0.15) is 0 Å². The first-order valence-electron chi connectivity index (χ1n) is 6.60. The van der Waals surface area contributed by atoms with Crippen LogP contribution in [-0.2, 0) is 0 Å². The molecule has 18 heavy (non-hydrogen) atoms. The van der Waals surface area contributed by atoms with Gasteiger partial charge in [0.15, 0.2) is 11.4 Å². The number of nitrogens with zero attached hydrogens (tertiary/aromatic N) is 2. The Morgan fingerprint density at radius 1 is 1.44 bits per heavy atom. The Labute approximate surface area is 107 Å². The highest BCUT2D eigenvalue weighted by Gasteiger charge is 2.28. The van der Waals surface area contributed by atoms with E-state index in [2.05, 4.69) is 23.0 Å². The topological polar surface area (TPSA) is 55.3 Å². The predicted molar refractivity (Wildman–Crippen MR) is 72.6 cm³/mol. The van der Waals surface area contributed by atoms with Crippen LogP contribution in [-0.4, -0.2) is 24.3 Å². The molecule has 2 aromatic rings. The molecule has 4 heteroatoms. The summed E-state index contributed by atoms with van der Waals surface area (Å²) in [6.45, 7) is 3.98. The number of nitrogens with two attached hydrogens (primary N) is 1. The Balaban J connectivity index is 1.98. The Kier molecular flexibility index (Phi) is 2.96. The first kappa shape index (κ1) is 11.5. The van der Waals surface area contributed by atoms with Gasteiger partial charge < -0.3 is 15.2 Å². The second-order valence-electron chi connectivity index (χ2n) is 5.21. The van der Waals surface area contributed by atoms with Gasteiger partial charge in [0.25, 0.3) is 0 Å². The van der Waals surface area contributed by atoms with Crippen LogP contribution in [0.1, 0.15) is 19.8 Å². The first-order chi connectivity index (χ1) is 8.79. The summed E-state index contributed by atoms with van der Waals surface area (Å²) in [7, 11) is 0. The average molecular weight is 245 g/mol. The second-order valence-corrected chi connectivity index (χ2v) is 5.21. The van der Waals surface area contributed by atoms with E-state index in [0.29, 0.717) is 12.6 Å². The lowest BCUT2D eigenvalue weighted by molar-refractivity contribution is 0.358. The smallest absolute Gasteiger partial charge is 0.180 e. The minimum absolute atomic E-state index is 0.377. The van der Waals surface area contributed by atoms with Gasteiger partial charge in [0.2, 0.25) is 0 Å². The summed E-state index contributed by atoms with van der Waals surface area (Å²) in [6.07, 6.45) is 2.33. The van der Waals surface area contributed by atoms with Gasteiger partial charge in [-0.1, -0.05) is 24.2 Å². The van der Waals surface area contributed by atoms with Crippen molar-refractivity contribution in [2.24, 2.45) is 11.7 Å². The van der Waals surface area contributed by atoms with Crippen molar-refractivity contribution < 1.29 is 4.52 Å². The van der Waals surface area contributed by atoms with Crippen molar-refractivity contribution >= 4 is 16.8 Å². The second kappa shape index (κ2) is 4.61. The van der Waals surface area contributed by atoms with E-state index in [9.17, 15) is 0 Å². The van der Waals surface area contributed by atoms with Crippen molar-refractivity contribution in [3.05, 3.63) is 24.3 Å². The maximum Gasteiger partial charge on any atom is 0.180 e. The van der Waals surface area contributed by atoms with Crippen LogP contribution in [0.25, 0.3) is 11.0 Å². The van der Waals surface area contributed by atoms with Crippen molar-refractivity contribution in [3.8, 4) is 0 Å². The molecule has 1 aromatic carbocycles. The Morgan fingerprint density at radius 2 is 2.28 bits per heavy atom. The molecule has 2 atom stereocenters. The largest absolute Gasteiger partial charge is 0.354 e. The Bertz CT molecular complexity index is 537. The fourth-order valence-corrected chi connectivity index (χ4v) is 2.83. The molecule has 0 spiro atoms. The molecule has 1 saturated heterocycles. The minimum atomic E-state index is 0.377. The van der Waals surface area contributed by atoms with Gasteiger partial charge in [0.05, 0.1) is 5.39 Å². The monoisotopic (exact) mass is 245 g/mol. The van der Waals surface area contributed by atoms with E-state index in [1.165, 1.54) is 6.42 Å². The molecule has 1 fully saturated rings. The van der Waals surface area contributed by atoms with E-state index in [-0.39, 0.29) is 0 Å². The van der Waals surface area contributed by atoms with E-state index in [1.54, 1.807) is 0 Å². The summed E-state index contributed by atoms with van der Waals surface area (Å²) in [6, 6.07) is 8.38. The molecule has 1 aliphatic heterocycles. The van der Waals surface area contributed by atoms with Crippen molar-refractivity contribution in [1.29, 1.82) is 0 Å². The molecule has 0 bridgehead atoms. The van der Waals surface area contributed by atoms with Gasteiger partial charge in [-0.15, -0.1) is 0 Å². The summed E-state index contributed by atoms with van der Waals surface area (Å²) in [5.74, 6) is 1.70. The van der Waals surface area contributed by atoms with Crippen LogP contribution in [0.4, 0.5) is 5.82 Å². The molecule has 0 amide bonds. The number of benzene rings is 1. The standard InChI is InChI=1S/C14H19N3O/c1-10-6-7-17(11(8-10)9-15)14-12-4-2-3-5-13(12)18-16-14/h2-5,10-11H,6-9,15H2,1H3. The fourth-order valence-electron chi connectivity index (χ4n) is 2.83. The molecule has 0 saturated carbocycles. The van der Waals surface area contributed by atoms with Crippen molar-refractivity contribution in [2.45, 2.75) is 25.8 Å². The molecule has 0 radical (unpaired) electrons. The number of para-hydroxylation sites is 1. The van der Waals surface area contributed by atoms with Crippen molar-refractivity contribution in [2.75, 3.05) is 18.0 Å². The third-order valence-corrected chi connectivity index (χ3v) is 3.88. The third-order valence-electron chi connectivity index (χ3n) is 3.88. The SMILES string of the molecule is CC1CCN(c2noc3ccccc23)C(CN)C1. The van der Waals surface area contributed by atoms with Gasteiger partial charge >= 0.3 is 0 Å². The quantitative estimate of drug-likeness (QED) is 0.882. The van der Waals surface area contributed by atoms with Crippen LogP contribution in [0.2, 0.25) is 0 Å². The highest BCUT2D eigenvalue weighted by Crippen LogP contribution is 2.32. The van der Waals surface area contributed by atoms with Crippen LogP contribution in [0.5, 0.6) is 0 Å². The van der Waals surface area contributed by atoms with Crippen LogP contribution in [0.15, 0.2) is 28.8 Å². The van der Waals surface area contributed by atoms with Gasteiger partial charge in [-0.3, -0.25) is 0 Å². The maximum absolute atomic E-state index is 5.91. The number of hydrogen-bond acceptors (Lipinski definition) is 4. The van der Waals surface area contributed by atoms with Gasteiger partial charge in [0.1, 0.15) is 0 Å². The molecule has 3 rings (SSSR count). The molecular weight excluding hydrogens is 226 g/mol. The van der Waals surface area contributed by atoms with Gasteiger partial charge in [0, 0.05) is 19.1 Å². The van der Waals surface area contributed by atoms with E-state index >= 15 is 0 Å². The summed E-state index contributed by atoms with van der Waals surface area (Å²) < 4.78 is 5.39. The van der Waals surface area contributed by atoms with E-state index in [4.69, 9.17) is 10.3 Å². The molecule has 1 aromatic heterocycles. The summed E-state index contributed by atoms with van der Waals surface area (Å²) >= 11 is 0. The lowest BCUT2D eigenvalue weighted by Gasteiger charge is -2.38. The lowest BCUT2D eigenvalue weighted by Crippen LogP contribution is -2.46. The molecule has 4 nitrogen and oxygen atoms in total.